The van der Waals surface area contributed by atoms with Crippen LogP contribution in [0.1, 0.15) is 29.8 Å². The topological polar surface area (TPSA) is 60.8 Å². The van der Waals surface area contributed by atoms with Crippen molar-refractivity contribution in [3.63, 3.8) is 0 Å². The average Bonchev–Trinajstić information content (AvgIpc) is 2.76. The minimum atomic E-state index is -0.480. The number of hydrogen-bond donors (Lipinski definition) is 1. The van der Waals surface area contributed by atoms with Crippen molar-refractivity contribution >= 4 is 0 Å². The Labute approximate surface area is 188 Å². The van der Waals surface area contributed by atoms with Crippen LogP contribution < -0.4 is 9.47 Å². The highest BCUT2D eigenvalue weighted by Crippen LogP contribution is 2.29. The van der Waals surface area contributed by atoms with Crippen molar-refractivity contribution in [1.29, 1.82) is 0 Å². The number of aliphatic hydroxyl groups excluding tert-OH is 1. The van der Waals surface area contributed by atoms with Crippen LogP contribution in [0.5, 0.6) is 11.5 Å². The normalized spacial score (nSPS) is 11.8. The maximum atomic E-state index is 14.5. The van der Waals surface area contributed by atoms with Crippen LogP contribution in [-0.4, -0.2) is 29.9 Å². The second-order valence-electron chi connectivity index (χ2n) is 7.48. The van der Waals surface area contributed by atoms with Gasteiger partial charge in [-0.15, -0.1) is 0 Å². The second-order valence-corrected chi connectivity index (χ2v) is 7.48. The van der Waals surface area contributed by atoms with Gasteiger partial charge in [-0.3, -0.25) is 0 Å². The lowest BCUT2D eigenvalue weighted by molar-refractivity contribution is 0.0540. The van der Waals surface area contributed by atoms with E-state index in [4.69, 9.17) is 14.2 Å². The lowest BCUT2D eigenvalue weighted by Gasteiger charge is -2.20. The van der Waals surface area contributed by atoms with Crippen molar-refractivity contribution in [2.45, 2.75) is 26.9 Å². The summed E-state index contributed by atoms with van der Waals surface area (Å²) in [6, 6.07) is 16.0. The molecule has 1 heterocycles. The van der Waals surface area contributed by atoms with Gasteiger partial charge in [0.2, 0.25) is 0 Å². The van der Waals surface area contributed by atoms with Gasteiger partial charge in [-0.05, 0) is 74.4 Å². The van der Waals surface area contributed by atoms with E-state index in [2.05, 4.69) is 11.6 Å². The van der Waals surface area contributed by atoms with Crippen LogP contribution in [-0.2, 0) is 4.74 Å². The SMILES string of the molecule is C=C(O)COc1ccc(O[C@H](COCC)c2cccc(-c3ccc(C)cc3F)n2)cc1C. The molecule has 3 aromatic rings. The van der Waals surface area contributed by atoms with E-state index in [-0.39, 0.29) is 18.2 Å². The predicted octanol–water partition coefficient (Wildman–Crippen LogP) is 6.11. The number of ether oxygens (including phenoxy) is 3. The number of aromatic nitrogens is 1. The lowest BCUT2D eigenvalue weighted by atomic mass is 10.1. The number of pyridine rings is 1. The number of benzene rings is 2. The molecule has 2 aromatic carbocycles. The molecule has 0 saturated carbocycles. The van der Waals surface area contributed by atoms with Crippen molar-refractivity contribution < 1.29 is 23.7 Å². The molecule has 1 atom stereocenters. The summed E-state index contributed by atoms with van der Waals surface area (Å²) < 4.78 is 31.8. The van der Waals surface area contributed by atoms with Crippen LogP contribution in [0.25, 0.3) is 11.3 Å². The van der Waals surface area contributed by atoms with E-state index in [0.29, 0.717) is 41.7 Å². The summed E-state index contributed by atoms with van der Waals surface area (Å²) in [5.41, 5.74) is 3.32. The molecule has 168 valence electrons. The maximum Gasteiger partial charge on any atom is 0.164 e. The van der Waals surface area contributed by atoms with Crippen LogP contribution in [0, 0.1) is 19.7 Å². The molecule has 0 bridgehead atoms. The van der Waals surface area contributed by atoms with Crippen molar-refractivity contribution in [2.75, 3.05) is 19.8 Å². The Hall–Kier alpha value is -3.38. The minimum Gasteiger partial charge on any atom is -0.509 e. The van der Waals surface area contributed by atoms with E-state index < -0.39 is 6.10 Å². The first-order valence-corrected chi connectivity index (χ1v) is 10.5. The minimum absolute atomic E-state index is 0.0281. The largest absolute Gasteiger partial charge is 0.509 e. The first-order chi connectivity index (χ1) is 15.4. The lowest BCUT2D eigenvalue weighted by Crippen LogP contribution is -2.16. The summed E-state index contributed by atoms with van der Waals surface area (Å²) in [7, 11) is 0. The molecule has 0 fully saturated rings. The molecule has 6 heteroatoms. The third kappa shape index (κ3) is 6.08. The zero-order chi connectivity index (χ0) is 23.1. The van der Waals surface area contributed by atoms with Crippen LogP contribution in [0.3, 0.4) is 0 Å². The molecule has 0 spiro atoms. The number of hydrogen-bond acceptors (Lipinski definition) is 5. The van der Waals surface area contributed by atoms with Crippen LogP contribution in [0.15, 0.2) is 66.9 Å². The molecule has 0 radical (unpaired) electrons. The van der Waals surface area contributed by atoms with Gasteiger partial charge in [0.05, 0.1) is 18.0 Å². The number of aryl methyl sites for hydroxylation is 2. The first-order valence-electron chi connectivity index (χ1n) is 10.5. The Morgan fingerprint density at radius 1 is 1.12 bits per heavy atom. The van der Waals surface area contributed by atoms with E-state index >= 15 is 0 Å². The third-order valence-corrected chi connectivity index (χ3v) is 4.79. The van der Waals surface area contributed by atoms with Crippen molar-refractivity contribution in [1.82, 2.24) is 4.98 Å². The standard InChI is InChI=1S/C26H28FNO4/c1-5-30-16-26(32-20-10-12-25(18(3)14-20)31-15-19(4)29)24-8-6-7-23(28-24)21-11-9-17(2)13-22(21)27/h6-14,26,29H,4-5,15-16H2,1-3H3/t26-/m1/s1. The number of rotatable bonds is 10. The fraction of sp³-hybridized carbons (Fsp3) is 0.269. The molecule has 5 nitrogen and oxygen atoms in total. The Balaban J connectivity index is 1.85. The summed E-state index contributed by atoms with van der Waals surface area (Å²) >= 11 is 0. The van der Waals surface area contributed by atoms with Crippen molar-refractivity contribution in [3.8, 4) is 22.8 Å². The molecule has 0 aliphatic heterocycles. The Morgan fingerprint density at radius 2 is 1.94 bits per heavy atom. The summed E-state index contributed by atoms with van der Waals surface area (Å²) in [5.74, 6) is 0.895. The van der Waals surface area contributed by atoms with Crippen LogP contribution >= 0.6 is 0 Å². The zero-order valence-electron chi connectivity index (χ0n) is 18.6. The van der Waals surface area contributed by atoms with Gasteiger partial charge in [0.15, 0.2) is 6.10 Å². The Bertz CT molecular complexity index is 1080. The van der Waals surface area contributed by atoms with Gasteiger partial charge in [0.1, 0.15) is 29.7 Å². The highest BCUT2D eigenvalue weighted by atomic mass is 19.1. The van der Waals surface area contributed by atoms with E-state index in [0.717, 1.165) is 11.1 Å². The van der Waals surface area contributed by atoms with Gasteiger partial charge in [0, 0.05) is 12.2 Å². The van der Waals surface area contributed by atoms with Crippen LogP contribution in [0.2, 0.25) is 0 Å². The smallest absolute Gasteiger partial charge is 0.164 e. The van der Waals surface area contributed by atoms with E-state index in [1.165, 1.54) is 6.07 Å². The molecule has 32 heavy (non-hydrogen) atoms. The predicted molar refractivity (Wildman–Crippen MR) is 123 cm³/mol. The van der Waals surface area contributed by atoms with Gasteiger partial charge < -0.3 is 19.3 Å². The van der Waals surface area contributed by atoms with Gasteiger partial charge in [0.25, 0.3) is 0 Å². The van der Waals surface area contributed by atoms with Gasteiger partial charge in [-0.1, -0.05) is 18.7 Å². The molecule has 0 saturated heterocycles. The maximum absolute atomic E-state index is 14.5. The van der Waals surface area contributed by atoms with Crippen molar-refractivity contribution in [3.05, 3.63) is 89.6 Å². The van der Waals surface area contributed by atoms with E-state index in [1.807, 2.05) is 45.0 Å². The number of nitrogens with zero attached hydrogens (tertiary/aromatic N) is 1. The molecular weight excluding hydrogens is 409 g/mol. The van der Waals surface area contributed by atoms with Gasteiger partial charge >= 0.3 is 0 Å². The molecule has 0 unspecified atom stereocenters. The fourth-order valence-corrected chi connectivity index (χ4v) is 3.20. The summed E-state index contributed by atoms with van der Waals surface area (Å²) in [6.07, 6.45) is -0.480. The molecule has 3 rings (SSSR count). The second kappa shape index (κ2) is 10.8. The van der Waals surface area contributed by atoms with Gasteiger partial charge in [-0.25, -0.2) is 9.37 Å². The molecule has 0 aliphatic carbocycles. The van der Waals surface area contributed by atoms with Crippen LogP contribution in [0.4, 0.5) is 4.39 Å². The van der Waals surface area contributed by atoms with E-state index in [9.17, 15) is 9.50 Å². The third-order valence-electron chi connectivity index (χ3n) is 4.79. The average molecular weight is 438 g/mol. The van der Waals surface area contributed by atoms with Gasteiger partial charge in [-0.2, -0.15) is 0 Å². The summed E-state index contributed by atoms with van der Waals surface area (Å²) in [5, 5.41) is 9.23. The number of aliphatic hydroxyl groups is 1. The Kier molecular flexibility index (Phi) is 7.84. The molecule has 0 aliphatic rings. The van der Waals surface area contributed by atoms with E-state index in [1.54, 1.807) is 24.3 Å². The Morgan fingerprint density at radius 3 is 2.62 bits per heavy atom. The monoisotopic (exact) mass is 437 g/mol. The molecule has 1 aromatic heterocycles. The highest BCUT2D eigenvalue weighted by Gasteiger charge is 2.18. The highest BCUT2D eigenvalue weighted by molar-refractivity contribution is 5.60. The molecule has 1 N–H and O–H groups in total. The zero-order valence-corrected chi connectivity index (χ0v) is 18.6. The van der Waals surface area contributed by atoms with Crippen molar-refractivity contribution in [2.24, 2.45) is 0 Å². The quantitative estimate of drug-likeness (QED) is 0.388. The molecule has 0 amide bonds. The summed E-state index contributed by atoms with van der Waals surface area (Å²) in [6.45, 7) is 9.92. The fourth-order valence-electron chi connectivity index (χ4n) is 3.20. The molecular formula is C26H28FNO4. The first kappa shape index (κ1) is 23.3. The number of halogens is 1. The summed E-state index contributed by atoms with van der Waals surface area (Å²) in [4.78, 5) is 4.66.